The van der Waals surface area contributed by atoms with Crippen LogP contribution in [0.25, 0.3) is 6.08 Å². The van der Waals surface area contributed by atoms with Gasteiger partial charge in [-0.15, -0.1) is 0 Å². The van der Waals surface area contributed by atoms with E-state index >= 15 is 0 Å². The van der Waals surface area contributed by atoms with E-state index in [-0.39, 0.29) is 17.1 Å². The Balaban J connectivity index is 2.02. The van der Waals surface area contributed by atoms with E-state index in [0.29, 0.717) is 5.69 Å². The molecule has 2 aromatic rings. The number of hydrogen-bond acceptors (Lipinski definition) is 4. The molecule has 6 nitrogen and oxygen atoms in total. The van der Waals surface area contributed by atoms with E-state index in [4.69, 9.17) is 4.74 Å². The molecule has 0 fully saturated rings. The van der Waals surface area contributed by atoms with Gasteiger partial charge >= 0.3 is 6.18 Å². The van der Waals surface area contributed by atoms with E-state index in [9.17, 15) is 26.4 Å². The molecule has 0 saturated carbocycles. The van der Waals surface area contributed by atoms with Gasteiger partial charge in [-0.3, -0.25) is 4.79 Å². The van der Waals surface area contributed by atoms with Crippen molar-refractivity contribution in [3.63, 3.8) is 0 Å². The number of carbonyl (C=O) groups excluding carboxylic acids is 1. The number of benzene rings is 2. The quantitative estimate of drug-likeness (QED) is 0.611. The van der Waals surface area contributed by atoms with Gasteiger partial charge in [0, 0.05) is 24.9 Å². The number of carbonyl (C=O) groups is 1. The lowest BCUT2D eigenvalue weighted by molar-refractivity contribution is -0.137. The van der Waals surface area contributed by atoms with Gasteiger partial charge in [0.2, 0.25) is 15.9 Å². The van der Waals surface area contributed by atoms with Crippen molar-refractivity contribution in [2.45, 2.75) is 24.0 Å². The van der Waals surface area contributed by atoms with Crippen LogP contribution >= 0.6 is 0 Å². The summed E-state index contributed by atoms with van der Waals surface area (Å²) in [5.41, 5.74) is -0.259. The van der Waals surface area contributed by atoms with E-state index in [1.807, 2.05) is 0 Å². The van der Waals surface area contributed by atoms with Gasteiger partial charge in [0.25, 0.3) is 0 Å². The summed E-state index contributed by atoms with van der Waals surface area (Å²) in [4.78, 5) is 12.0. The first kappa shape index (κ1) is 23.6. The van der Waals surface area contributed by atoms with Gasteiger partial charge in [0.15, 0.2) is 0 Å². The number of amides is 1. The van der Waals surface area contributed by atoms with Crippen LogP contribution in [0.4, 0.5) is 18.9 Å². The molecule has 0 heterocycles. The van der Waals surface area contributed by atoms with Crippen molar-refractivity contribution < 1.29 is 31.1 Å². The fourth-order valence-electron chi connectivity index (χ4n) is 2.51. The number of rotatable bonds is 8. The molecule has 2 aromatic carbocycles. The van der Waals surface area contributed by atoms with Crippen LogP contribution in [0, 0.1) is 0 Å². The summed E-state index contributed by atoms with van der Waals surface area (Å²) in [7, 11) is -2.28. The summed E-state index contributed by atoms with van der Waals surface area (Å²) < 4.78 is 70.0. The van der Waals surface area contributed by atoms with Crippen LogP contribution in [-0.2, 0) is 25.7 Å². The highest BCUT2D eigenvalue weighted by molar-refractivity contribution is 7.89. The second-order valence-electron chi connectivity index (χ2n) is 6.45. The largest absolute Gasteiger partial charge is 0.416 e. The van der Waals surface area contributed by atoms with Crippen molar-refractivity contribution in [3.8, 4) is 0 Å². The maximum absolute atomic E-state index is 12.7. The second-order valence-corrected chi connectivity index (χ2v) is 8.16. The molecule has 0 aromatic heterocycles. The first-order chi connectivity index (χ1) is 14.0. The Labute approximate surface area is 172 Å². The van der Waals surface area contributed by atoms with E-state index < -0.39 is 33.7 Å². The third-order valence-electron chi connectivity index (χ3n) is 3.85. The van der Waals surface area contributed by atoms with E-state index in [1.165, 1.54) is 49.6 Å². The minimum atomic E-state index is -4.47. The van der Waals surface area contributed by atoms with E-state index in [1.54, 1.807) is 6.92 Å². The molecule has 0 aliphatic heterocycles. The van der Waals surface area contributed by atoms with Crippen molar-refractivity contribution in [3.05, 3.63) is 65.7 Å². The number of sulfonamides is 1. The molecule has 0 radical (unpaired) electrons. The molecule has 2 N–H and O–H groups in total. The van der Waals surface area contributed by atoms with Crippen molar-refractivity contribution in [2.75, 3.05) is 19.0 Å². The Morgan fingerprint density at radius 1 is 1.17 bits per heavy atom. The van der Waals surface area contributed by atoms with Gasteiger partial charge in [-0.2, -0.15) is 13.2 Å². The number of ether oxygens (including phenoxy) is 1. The van der Waals surface area contributed by atoms with Gasteiger partial charge in [-0.05, 0) is 55.0 Å². The number of methoxy groups -OCH3 is 1. The van der Waals surface area contributed by atoms with Crippen LogP contribution in [0.3, 0.4) is 0 Å². The smallest absolute Gasteiger partial charge is 0.383 e. The minimum Gasteiger partial charge on any atom is -0.383 e. The maximum atomic E-state index is 12.7. The zero-order valence-electron chi connectivity index (χ0n) is 16.2. The molecule has 0 saturated heterocycles. The van der Waals surface area contributed by atoms with E-state index in [2.05, 4.69) is 10.0 Å². The molecule has 0 aliphatic carbocycles. The van der Waals surface area contributed by atoms with Crippen LogP contribution in [0.5, 0.6) is 0 Å². The lowest BCUT2D eigenvalue weighted by Gasteiger charge is -2.13. The average Bonchev–Trinajstić information content (AvgIpc) is 2.66. The van der Waals surface area contributed by atoms with Gasteiger partial charge < -0.3 is 10.1 Å². The van der Waals surface area contributed by atoms with Crippen LogP contribution < -0.4 is 10.0 Å². The van der Waals surface area contributed by atoms with Crippen molar-refractivity contribution in [2.24, 2.45) is 0 Å². The van der Waals surface area contributed by atoms with Crippen LogP contribution in [0.1, 0.15) is 18.1 Å². The Morgan fingerprint density at radius 2 is 1.83 bits per heavy atom. The molecule has 30 heavy (non-hydrogen) atoms. The summed E-state index contributed by atoms with van der Waals surface area (Å²) >= 11 is 0. The molecule has 1 unspecified atom stereocenters. The Morgan fingerprint density at radius 3 is 2.43 bits per heavy atom. The highest BCUT2D eigenvalue weighted by Crippen LogP contribution is 2.29. The van der Waals surface area contributed by atoms with Gasteiger partial charge in [-0.25, -0.2) is 13.1 Å². The first-order valence-electron chi connectivity index (χ1n) is 8.79. The molecule has 2 rings (SSSR count). The number of anilines is 1. The molecule has 162 valence electrons. The van der Waals surface area contributed by atoms with E-state index in [0.717, 1.165) is 18.2 Å². The summed E-state index contributed by atoms with van der Waals surface area (Å²) in [5, 5.41) is 2.51. The molecule has 1 atom stereocenters. The maximum Gasteiger partial charge on any atom is 0.416 e. The van der Waals surface area contributed by atoms with Crippen molar-refractivity contribution >= 4 is 27.7 Å². The number of nitrogens with one attached hydrogen (secondary N) is 2. The number of halogens is 3. The van der Waals surface area contributed by atoms with Crippen LogP contribution in [-0.4, -0.2) is 34.1 Å². The lowest BCUT2D eigenvalue weighted by atomic mass is 10.1. The van der Waals surface area contributed by atoms with Crippen LogP contribution in [0.15, 0.2) is 59.5 Å². The second kappa shape index (κ2) is 9.88. The topological polar surface area (TPSA) is 84.5 Å². The van der Waals surface area contributed by atoms with Gasteiger partial charge in [0.1, 0.15) is 0 Å². The number of alkyl halides is 3. The monoisotopic (exact) mass is 442 g/mol. The third-order valence-corrected chi connectivity index (χ3v) is 5.45. The fraction of sp³-hybridized carbons (Fsp3) is 0.250. The molecule has 10 heteroatoms. The SMILES string of the molecule is COCC(C)NS(=O)(=O)c1ccc(NC(=O)/C=C/c2cccc(C(F)(F)F)c2)cc1. The zero-order valence-corrected chi connectivity index (χ0v) is 17.0. The first-order valence-corrected chi connectivity index (χ1v) is 10.3. The molecule has 0 aliphatic rings. The summed E-state index contributed by atoms with van der Waals surface area (Å²) in [5.74, 6) is -0.574. The molecular formula is C20H21F3N2O4S. The normalized spacial score (nSPS) is 13.4. The summed E-state index contributed by atoms with van der Waals surface area (Å²) in [6.07, 6.45) is -2.12. The predicted octanol–water partition coefficient (Wildman–Crippen LogP) is 3.67. The minimum absolute atomic E-state index is 0.0166. The molecule has 1 amide bonds. The van der Waals surface area contributed by atoms with Gasteiger partial charge in [-0.1, -0.05) is 12.1 Å². The Hall–Kier alpha value is -2.69. The third kappa shape index (κ3) is 6.97. The van der Waals surface area contributed by atoms with Gasteiger partial charge in [0.05, 0.1) is 17.1 Å². The zero-order chi connectivity index (χ0) is 22.4. The van der Waals surface area contributed by atoms with Crippen molar-refractivity contribution in [1.82, 2.24) is 4.72 Å². The lowest BCUT2D eigenvalue weighted by Crippen LogP contribution is -2.35. The molecular weight excluding hydrogens is 421 g/mol. The number of hydrogen-bond donors (Lipinski definition) is 2. The average molecular weight is 442 g/mol. The summed E-state index contributed by atoms with van der Waals surface area (Å²) in [6, 6.07) is 9.62. The molecule has 0 bridgehead atoms. The Kier molecular flexibility index (Phi) is 7.77. The predicted molar refractivity (Wildman–Crippen MR) is 107 cm³/mol. The fourth-order valence-corrected chi connectivity index (χ4v) is 3.74. The van der Waals surface area contributed by atoms with Crippen LogP contribution in [0.2, 0.25) is 0 Å². The highest BCUT2D eigenvalue weighted by atomic mass is 32.2. The van der Waals surface area contributed by atoms with Crippen molar-refractivity contribution in [1.29, 1.82) is 0 Å². The molecule has 0 spiro atoms. The highest BCUT2D eigenvalue weighted by Gasteiger charge is 2.30. The standard InChI is InChI=1S/C20H21F3N2O4S/c1-14(13-29-2)25-30(27,28)18-9-7-17(8-10-18)24-19(26)11-6-15-4-3-5-16(12-15)20(21,22)23/h3-12,14,25H,13H2,1-2H3,(H,24,26)/b11-6+. The Bertz CT molecular complexity index is 1000. The summed E-state index contributed by atoms with van der Waals surface area (Å²) in [6.45, 7) is 1.87.